The summed E-state index contributed by atoms with van der Waals surface area (Å²) in [6.45, 7) is 8.37. The SMILES string of the molecule is CCNC(=NCc1nnc(C)n1C)NCC(C)Sc1ccccc1.I. The minimum atomic E-state index is 0. The third-order valence-corrected chi connectivity index (χ3v) is 4.66. The minimum absolute atomic E-state index is 0. The summed E-state index contributed by atoms with van der Waals surface area (Å²) >= 11 is 1.85. The van der Waals surface area contributed by atoms with Crippen LogP contribution in [-0.4, -0.2) is 39.1 Å². The van der Waals surface area contributed by atoms with Crippen LogP contribution in [-0.2, 0) is 13.6 Å². The molecule has 0 bridgehead atoms. The molecule has 0 saturated carbocycles. The Kier molecular flexibility index (Phi) is 9.88. The van der Waals surface area contributed by atoms with Crippen molar-refractivity contribution in [2.75, 3.05) is 13.1 Å². The van der Waals surface area contributed by atoms with Gasteiger partial charge in [-0.3, -0.25) is 0 Å². The van der Waals surface area contributed by atoms with Gasteiger partial charge in [-0.05, 0) is 26.0 Å². The normalized spacial score (nSPS) is 12.4. The second-order valence-corrected chi connectivity index (χ2v) is 7.05. The first kappa shape index (κ1) is 21.8. The molecule has 1 unspecified atom stereocenters. The molecular formula is C17H27IN6S. The van der Waals surface area contributed by atoms with Crippen LogP contribution in [0, 0.1) is 6.92 Å². The van der Waals surface area contributed by atoms with Crippen molar-refractivity contribution in [2.45, 2.75) is 37.5 Å². The van der Waals surface area contributed by atoms with Crippen LogP contribution in [0.25, 0.3) is 0 Å². The molecule has 2 aromatic rings. The summed E-state index contributed by atoms with van der Waals surface area (Å²) in [6, 6.07) is 10.4. The number of hydrogen-bond acceptors (Lipinski definition) is 4. The van der Waals surface area contributed by atoms with Crippen molar-refractivity contribution in [3.8, 4) is 0 Å². The molecular weight excluding hydrogens is 447 g/mol. The van der Waals surface area contributed by atoms with Crippen molar-refractivity contribution in [1.29, 1.82) is 0 Å². The third kappa shape index (κ3) is 7.23. The minimum Gasteiger partial charge on any atom is -0.357 e. The molecule has 1 aromatic heterocycles. The van der Waals surface area contributed by atoms with Crippen LogP contribution in [0.4, 0.5) is 0 Å². The monoisotopic (exact) mass is 474 g/mol. The first-order valence-corrected chi connectivity index (χ1v) is 9.07. The summed E-state index contributed by atoms with van der Waals surface area (Å²) in [6.07, 6.45) is 0. The van der Waals surface area contributed by atoms with Gasteiger partial charge in [0.1, 0.15) is 12.4 Å². The quantitative estimate of drug-likeness (QED) is 0.280. The van der Waals surface area contributed by atoms with Crippen molar-refractivity contribution in [1.82, 2.24) is 25.4 Å². The van der Waals surface area contributed by atoms with E-state index in [1.54, 1.807) is 0 Å². The van der Waals surface area contributed by atoms with Crippen LogP contribution in [0.15, 0.2) is 40.2 Å². The summed E-state index contributed by atoms with van der Waals surface area (Å²) in [5.74, 6) is 2.56. The predicted molar refractivity (Wildman–Crippen MR) is 116 cm³/mol. The second-order valence-electron chi connectivity index (χ2n) is 5.54. The van der Waals surface area contributed by atoms with Gasteiger partial charge in [0.25, 0.3) is 0 Å². The Balaban J connectivity index is 0.00000312. The van der Waals surface area contributed by atoms with Crippen LogP contribution in [0.2, 0.25) is 0 Å². The average Bonchev–Trinajstić information content (AvgIpc) is 2.90. The summed E-state index contributed by atoms with van der Waals surface area (Å²) in [5, 5.41) is 15.3. The van der Waals surface area contributed by atoms with Crippen molar-refractivity contribution >= 4 is 41.7 Å². The van der Waals surface area contributed by atoms with Crippen LogP contribution < -0.4 is 10.6 Å². The standard InChI is InChI=1S/C17H26N6S.HI/c1-5-18-17(20-12-16-22-21-14(3)23(16)4)19-11-13(2)24-15-9-7-6-8-10-15;/h6-10,13H,5,11-12H2,1-4H3,(H2,18,19,20);1H. The summed E-state index contributed by atoms with van der Waals surface area (Å²) in [7, 11) is 1.96. The molecule has 0 aliphatic rings. The maximum absolute atomic E-state index is 4.60. The number of aliphatic imine (C=N–C) groups is 1. The molecule has 1 heterocycles. The highest BCUT2D eigenvalue weighted by Crippen LogP contribution is 2.21. The molecule has 0 aliphatic carbocycles. The summed E-state index contributed by atoms with van der Waals surface area (Å²) in [5.41, 5.74) is 0. The van der Waals surface area contributed by atoms with E-state index in [1.807, 2.05) is 36.4 Å². The number of nitrogens with one attached hydrogen (secondary N) is 2. The van der Waals surface area contributed by atoms with Gasteiger partial charge in [0.05, 0.1) is 0 Å². The maximum atomic E-state index is 4.60. The molecule has 1 aromatic carbocycles. The molecule has 0 spiro atoms. The molecule has 25 heavy (non-hydrogen) atoms. The molecule has 0 aliphatic heterocycles. The van der Waals surface area contributed by atoms with Gasteiger partial charge in [-0.1, -0.05) is 25.1 Å². The van der Waals surface area contributed by atoms with Gasteiger partial charge < -0.3 is 15.2 Å². The number of halogens is 1. The molecule has 8 heteroatoms. The Labute approximate surface area is 171 Å². The lowest BCUT2D eigenvalue weighted by atomic mass is 10.4. The largest absolute Gasteiger partial charge is 0.357 e. The zero-order valence-corrected chi connectivity index (χ0v) is 18.3. The maximum Gasteiger partial charge on any atom is 0.191 e. The smallest absolute Gasteiger partial charge is 0.191 e. The fourth-order valence-electron chi connectivity index (χ4n) is 2.09. The zero-order valence-electron chi connectivity index (χ0n) is 15.2. The molecule has 138 valence electrons. The molecule has 0 saturated heterocycles. The lowest BCUT2D eigenvalue weighted by Gasteiger charge is -2.15. The van der Waals surface area contributed by atoms with Crippen molar-refractivity contribution < 1.29 is 0 Å². The van der Waals surface area contributed by atoms with E-state index in [4.69, 9.17) is 0 Å². The van der Waals surface area contributed by atoms with E-state index in [2.05, 4.69) is 63.9 Å². The highest BCUT2D eigenvalue weighted by Gasteiger charge is 2.07. The number of aryl methyl sites for hydroxylation is 1. The number of aromatic nitrogens is 3. The van der Waals surface area contributed by atoms with Gasteiger partial charge in [0, 0.05) is 30.3 Å². The van der Waals surface area contributed by atoms with Crippen LogP contribution in [0.3, 0.4) is 0 Å². The van der Waals surface area contributed by atoms with Crippen LogP contribution >= 0.6 is 35.7 Å². The van der Waals surface area contributed by atoms with Crippen molar-refractivity contribution in [3.05, 3.63) is 42.0 Å². The first-order valence-electron chi connectivity index (χ1n) is 8.19. The summed E-state index contributed by atoms with van der Waals surface area (Å²) in [4.78, 5) is 5.88. The highest BCUT2D eigenvalue weighted by atomic mass is 127. The third-order valence-electron chi connectivity index (χ3n) is 3.54. The van der Waals surface area contributed by atoms with Crippen LogP contribution in [0.5, 0.6) is 0 Å². The average molecular weight is 474 g/mol. The van der Waals surface area contributed by atoms with E-state index in [0.717, 1.165) is 30.7 Å². The first-order chi connectivity index (χ1) is 11.6. The molecule has 0 radical (unpaired) electrons. The van der Waals surface area contributed by atoms with E-state index in [0.29, 0.717) is 11.8 Å². The number of thioether (sulfide) groups is 1. The topological polar surface area (TPSA) is 67.1 Å². The molecule has 1 atom stereocenters. The van der Waals surface area contributed by atoms with Gasteiger partial charge in [0.15, 0.2) is 11.8 Å². The second kappa shape index (κ2) is 11.3. The fraction of sp³-hybridized carbons (Fsp3) is 0.471. The number of guanidine groups is 1. The lowest BCUT2D eigenvalue weighted by molar-refractivity contribution is 0.752. The fourth-order valence-corrected chi connectivity index (χ4v) is 3.04. The van der Waals surface area contributed by atoms with Crippen molar-refractivity contribution in [2.24, 2.45) is 12.0 Å². The summed E-state index contributed by atoms with van der Waals surface area (Å²) < 4.78 is 1.96. The van der Waals surface area contributed by atoms with Crippen LogP contribution in [0.1, 0.15) is 25.5 Å². The predicted octanol–water partition coefficient (Wildman–Crippen LogP) is 2.98. The lowest BCUT2D eigenvalue weighted by Crippen LogP contribution is -2.40. The van der Waals surface area contributed by atoms with Gasteiger partial charge in [0.2, 0.25) is 0 Å². The van der Waals surface area contributed by atoms with E-state index < -0.39 is 0 Å². The van der Waals surface area contributed by atoms with Gasteiger partial charge in [-0.15, -0.1) is 45.9 Å². The van der Waals surface area contributed by atoms with Gasteiger partial charge in [-0.25, -0.2) is 4.99 Å². The van der Waals surface area contributed by atoms with E-state index in [1.165, 1.54) is 4.90 Å². The molecule has 2 N–H and O–H groups in total. The molecule has 0 amide bonds. The Morgan fingerprint density at radius 2 is 1.96 bits per heavy atom. The van der Waals surface area contributed by atoms with E-state index in [-0.39, 0.29) is 24.0 Å². The highest BCUT2D eigenvalue weighted by molar-refractivity contribution is 14.0. The molecule has 0 fully saturated rings. The number of hydrogen-bond donors (Lipinski definition) is 2. The Morgan fingerprint density at radius 3 is 2.56 bits per heavy atom. The number of nitrogens with zero attached hydrogens (tertiary/aromatic N) is 4. The van der Waals surface area contributed by atoms with Crippen molar-refractivity contribution in [3.63, 3.8) is 0 Å². The molecule has 2 rings (SSSR count). The van der Waals surface area contributed by atoms with Gasteiger partial charge >= 0.3 is 0 Å². The van der Waals surface area contributed by atoms with E-state index >= 15 is 0 Å². The number of benzene rings is 1. The Bertz CT molecular complexity index is 658. The van der Waals surface area contributed by atoms with E-state index in [9.17, 15) is 0 Å². The molecule has 6 nitrogen and oxygen atoms in total. The Hall–Kier alpha value is -1.29. The van der Waals surface area contributed by atoms with Gasteiger partial charge in [-0.2, -0.15) is 0 Å². The number of rotatable bonds is 7. The zero-order chi connectivity index (χ0) is 17.4. The Morgan fingerprint density at radius 1 is 1.24 bits per heavy atom.